The van der Waals surface area contributed by atoms with E-state index >= 15 is 0 Å². The fraction of sp³-hybridized carbons (Fsp3) is 0.312. The van der Waals surface area contributed by atoms with Crippen LogP contribution in [0.15, 0.2) is 30.6 Å². The van der Waals surface area contributed by atoms with E-state index in [4.69, 9.17) is 0 Å². The zero-order valence-electron chi connectivity index (χ0n) is 12.5. The Labute approximate surface area is 135 Å². The average molecular weight is 339 g/mol. The molecule has 1 aliphatic rings. The molecule has 1 aromatic carbocycles. The molecule has 2 heterocycles. The second kappa shape index (κ2) is 6.18. The predicted octanol–water partition coefficient (Wildman–Crippen LogP) is 3.54. The molecule has 0 aliphatic carbocycles. The Kier molecular flexibility index (Phi) is 4.21. The highest BCUT2D eigenvalue weighted by Gasteiger charge is 2.34. The maximum atomic E-state index is 13.2. The molecule has 0 radical (unpaired) electrons. The zero-order chi connectivity index (χ0) is 17.3. The molecule has 8 heteroatoms. The van der Waals surface area contributed by atoms with Gasteiger partial charge in [-0.15, -0.1) is 0 Å². The van der Waals surface area contributed by atoms with Gasteiger partial charge < -0.3 is 4.90 Å². The van der Waals surface area contributed by atoms with Gasteiger partial charge >= 0.3 is 6.18 Å². The predicted molar refractivity (Wildman–Crippen MR) is 77.6 cm³/mol. The summed E-state index contributed by atoms with van der Waals surface area (Å²) < 4.78 is 52.6. The topological polar surface area (TPSA) is 46.1 Å². The number of alkyl halides is 3. The van der Waals surface area contributed by atoms with Crippen LogP contribution in [0.5, 0.6) is 0 Å². The van der Waals surface area contributed by atoms with Crippen LogP contribution in [-0.2, 0) is 6.18 Å². The number of aromatic nitrogens is 2. The lowest BCUT2D eigenvalue weighted by Gasteiger charge is -2.16. The van der Waals surface area contributed by atoms with E-state index < -0.39 is 17.6 Å². The first-order valence-corrected chi connectivity index (χ1v) is 7.35. The van der Waals surface area contributed by atoms with E-state index in [9.17, 15) is 22.4 Å². The maximum absolute atomic E-state index is 13.2. The zero-order valence-corrected chi connectivity index (χ0v) is 12.5. The van der Waals surface area contributed by atoms with Crippen LogP contribution in [0.25, 0.3) is 11.3 Å². The van der Waals surface area contributed by atoms with Gasteiger partial charge in [0.15, 0.2) is 0 Å². The van der Waals surface area contributed by atoms with Gasteiger partial charge in [0.25, 0.3) is 5.91 Å². The monoisotopic (exact) mass is 339 g/mol. The summed E-state index contributed by atoms with van der Waals surface area (Å²) in [5, 5.41) is 0. The first kappa shape index (κ1) is 16.4. The van der Waals surface area contributed by atoms with Crippen molar-refractivity contribution in [3.63, 3.8) is 0 Å². The molecule has 24 heavy (non-hydrogen) atoms. The minimum Gasteiger partial charge on any atom is -0.337 e. The number of benzene rings is 1. The van der Waals surface area contributed by atoms with Crippen molar-refractivity contribution in [3.05, 3.63) is 47.7 Å². The van der Waals surface area contributed by atoms with Crippen molar-refractivity contribution in [3.8, 4) is 11.3 Å². The van der Waals surface area contributed by atoms with Gasteiger partial charge in [-0.2, -0.15) is 13.2 Å². The highest BCUT2D eigenvalue weighted by atomic mass is 19.4. The molecule has 1 saturated heterocycles. The number of carbonyl (C=O) groups is 1. The minimum atomic E-state index is -4.74. The highest BCUT2D eigenvalue weighted by molar-refractivity contribution is 5.92. The molecule has 1 aliphatic heterocycles. The van der Waals surface area contributed by atoms with Crippen LogP contribution < -0.4 is 0 Å². The van der Waals surface area contributed by atoms with Gasteiger partial charge in [0.05, 0.1) is 23.7 Å². The van der Waals surface area contributed by atoms with E-state index in [0.29, 0.717) is 19.2 Å². The summed E-state index contributed by atoms with van der Waals surface area (Å²) >= 11 is 0. The largest absolute Gasteiger partial charge is 0.417 e. The Morgan fingerprint density at radius 2 is 1.83 bits per heavy atom. The summed E-state index contributed by atoms with van der Waals surface area (Å²) in [6.07, 6.45) is -0.623. The van der Waals surface area contributed by atoms with Crippen molar-refractivity contribution in [1.82, 2.24) is 14.9 Å². The summed E-state index contributed by atoms with van der Waals surface area (Å²) in [7, 11) is 0. The second-order valence-electron chi connectivity index (χ2n) is 5.48. The van der Waals surface area contributed by atoms with E-state index in [0.717, 1.165) is 31.2 Å². The van der Waals surface area contributed by atoms with Crippen LogP contribution in [0, 0.1) is 5.82 Å². The molecule has 0 saturated carbocycles. The van der Waals surface area contributed by atoms with Crippen LogP contribution in [0.1, 0.15) is 28.9 Å². The molecule has 0 bridgehead atoms. The Bertz CT molecular complexity index is 770. The van der Waals surface area contributed by atoms with Crippen molar-refractivity contribution in [2.24, 2.45) is 0 Å². The summed E-state index contributed by atoms with van der Waals surface area (Å²) in [6.45, 7) is 1.18. The molecule has 3 rings (SSSR count). The minimum absolute atomic E-state index is 0.0214. The molecule has 1 amide bonds. The van der Waals surface area contributed by atoms with Crippen molar-refractivity contribution < 1.29 is 22.4 Å². The van der Waals surface area contributed by atoms with Crippen molar-refractivity contribution in [2.45, 2.75) is 19.0 Å². The van der Waals surface area contributed by atoms with Crippen LogP contribution in [0.3, 0.4) is 0 Å². The molecule has 1 aromatic heterocycles. The van der Waals surface area contributed by atoms with Gasteiger partial charge in [0.1, 0.15) is 11.5 Å². The van der Waals surface area contributed by atoms with E-state index in [1.54, 1.807) is 4.90 Å². The third-order valence-corrected chi connectivity index (χ3v) is 3.81. The van der Waals surface area contributed by atoms with E-state index in [-0.39, 0.29) is 22.9 Å². The number of rotatable bonds is 2. The SMILES string of the molecule is O=C(c1cncc(-c2ccc(F)cc2C(F)(F)F)n1)N1CCCC1. The van der Waals surface area contributed by atoms with Gasteiger partial charge in [-0.05, 0) is 31.0 Å². The van der Waals surface area contributed by atoms with E-state index in [1.165, 1.54) is 6.20 Å². The van der Waals surface area contributed by atoms with Crippen LogP contribution in [0.2, 0.25) is 0 Å². The standard InChI is InChI=1S/C16H13F4N3O/c17-10-3-4-11(12(7-10)16(18,19)20)13-8-21-9-14(22-13)15(24)23-5-1-2-6-23/h3-4,7-9H,1-2,5-6H2. The van der Waals surface area contributed by atoms with Crippen LogP contribution in [0.4, 0.5) is 17.6 Å². The lowest BCUT2D eigenvalue weighted by molar-refractivity contribution is -0.137. The third kappa shape index (κ3) is 3.22. The molecule has 4 nitrogen and oxygen atoms in total. The average Bonchev–Trinajstić information content (AvgIpc) is 3.08. The Morgan fingerprint density at radius 1 is 1.12 bits per heavy atom. The summed E-state index contributed by atoms with van der Waals surface area (Å²) in [5.41, 5.74) is -1.60. The van der Waals surface area contributed by atoms with E-state index in [2.05, 4.69) is 9.97 Å². The number of amides is 1. The van der Waals surface area contributed by atoms with Crippen molar-refractivity contribution in [2.75, 3.05) is 13.1 Å². The maximum Gasteiger partial charge on any atom is 0.417 e. The highest BCUT2D eigenvalue weighted by Crippen LogP contribution is 2.36. The van der Waals surface area contributed by atoms with Gasteiger partial charge in [-0.3, -0.25) is 9.78 Å². The number of carbonyl (C=O) groups excluding carboxylic acids is 1. The lowest BCUT2D eigenvalue weighted by Crippen LogP contribution is -2.28. The smallest absolute Gasteiger partial charge is 0.337 e. The van der Waals surface area contributed by atoms with Crippen molar-refractivity contribution >= 4 is 5.91 Å². The van der Waals surface area contributed by atoms with E-state index in [1.807, 2.05) is 0 Å². The van der Waals surface area contributed by atoms with Gasteiger partial charge in [-0.1, -0.05) is 0 Å². The summed E-state index contributed by atoms with van der Waals surface area (Å²) in [5.74, 6) is -1.36. The summed E-state index contributed by atoms with van der Waals surface area (Å²) in [6, 6.07) is 2.32. The van der Waals surface area contributed by atoms with Gasteiger partial charge in [-0.25, -0.2) is 9.37 Å². The molecule has 0 spiro atoms. The third-order valence-electron chi connectivity index (χ3n) is 3.81. The number of hydrogen-bond acceptors (Lipinski definition) is 3. The lowest BCUT2D eigenvalue weighted by atomic mass is 10.0. The Balaban J connectivity index is 2.02. The molecule has 0 N–H and O–H groups in total. The van der Waals surface area contributed by atoms with Gasteiger partial charge in [0.2, 0.25) is 0 Å². The van der Waals surface area contributed by atoms with Crippen LogP contribution in [-0.4, -0.2) is 33.9 Å². The molecule has 0 atom stereocenters. The number of likely N-dealkylation sites (tertiary alicyclic amines) is 1. The fourth-order valence-corrected chi connectivity index (χ4v) is 2.66. The van der Waals surface area contributed by atoms with Crippen molar-refractivity contribution in [1.29, 1.82) is 0 Å². The summed E-state index contributed by atoms with van der Waals surface area (Å²) in [4.78, 5) is 21.7. The molecule has 0 unspecified atom stereocenters. The van der Waals surface area contributed by atoms with Crippen LogP contribution >= 0.6 is 0 Å². The molecule has 1 fully saturated rings. The second-order valence-corrected chi connectivity index (χ2v) is 5.48. The Morgan fingerprint density at radius 3 is 2.50 bits per heavy atom. The first-order chi connectivity index (χ1) is 11.4. The van der Waals surface area contributed by atoms with Gasteiger partial charge in [0, 0.05) is 18.7 Å². The molecular weight excluding hydrogens is 326 g/mol. The first-order valence-electron chi connectivity index (χ1n) is 7.35. The molecule has 126 valence electrons. The number of nitrogens with zero attached hydrogens (tertiary/aromatic N) is 3. The normalized spacial score (nSPS) is 14.9. The fourth-order valence-electron chi connectivity index (χ4n) is 2.66. The molecular formula is C16H13F4N3O. The Hall–Kier alpha value is -2.51. The molecule has 2 aromatic rings. The number of halogens is 4. The quantitative estimate of drug-likeness (QED) is 0.786. The number of hydrogen-bond donors (Lipinski definition) is 0.